The molecule has 24 heavy (non-hydrogen) atoms. The monoisotopic (exact) mass is 330 g/mol. The zero-order valence-electron chi connectivity index (χ0n) is 15.0. The highest BCUT2D eigenvalue weighted by Crippen LogP contribution is 2.37. The van der Waals surface area contributed by atoms with Crippen LogP contribution in [0.15, 0.2) is 18.3 Å². The second-order valence-corrected chi connectivity index (χ2v) is 6.63. The second kappa shape index (κ2) is 6.73. The van der Waals surface area contributed by atoms with Crippen molar-refractivity contribution in [2.75, 3.05) is 0 Å². The Balaban J connectivity index is 0.00000100. The number of hydrogen-bond donors (Lipinski definition) is 2. The predicted octanol–water partition coefficient (Wildman–Crippen LogP) is 2.19. The molecule has 1 aliphatic rings. The number of amides is 1. The first-order valence-corrected chi connectivity index (χ1v) is 8.31. The van der Waals surface area contributed by atoms with Crippen molar-refractivity contribution in [1.29, 1.82) is 0 Å². The van der Waals surface area contributed by atoms with E-state index >= 15 is 0 Å². The van der Waals surface area contributed by atoms with E-state index in [1.165, 1.54) is 0 Å². The largest absolute Gasteiger partial charge is 0.392 e. The molecular formula is C18H26N4O2. The van der Waals surface area contributed by atoms with Gasteiger partial charge in [0.15, 0.2) is 11.5 Å². The molecule has 0 aromatic carbocycles. The topological polar surface area (TPSA) is 94.0 Å². The minimum absolute atomic E-state index is 0.229. The normalized spacial score (nSPS) is 18.3. The average molecular weight is 330 g/mol. The van der Waals surface area contributed by atoms with Crippen molar-refractivity contribution < 1.29 is 9.90 Å². The summed E-state index contributed by atoms with van der Waals surface area (Å²) in [6.45, 7) is 9.99. The summed E-state index contributed by atoms with van der Waals surface area (Å²) in [6, 6.07) is 3.82. The zero-order valence-corrected chi connectivity index (χ0v) is 15.0. The number of rotatable bonds is 2. The molecule has 2 aromatic rings. The zero-order chi connectivity index (χ0) is 18.1. The van der Waals surface area contributed by atoms with Gasteiger partial charge in [-0.1, -0.05) is 27.7 Å². The Labute approximate surface area is 142 Å². The lowest BCUT2D eigenvalue weighted by atomic mass is 9.74. The molecule has 130 valence electrons. The lowest BCUT2D eigenvalue weighted by Crippen LogP contribution is -2.38. The van der Waals surface area contributed by atoms with Gasteiger partial charge >= 0.3 is 0 Å². The molecule has 0 saturated carbocycles. The molecule has 3 rings (SSSR count). The molecule has 6 nitrogen and oxygen atoms in total. The van der Waals surface area contributed by atoms with E-state index in [0.29, 0.717) is 18.7 Å². The molecule has 1 unspecified atom stereocenters. The molecule has 0 aliphatic heterocycles. The van der Waals surface area contributed by atoms with Gasteiger partial charge in [0.2, 0.25) is 0 Å². The van der Waals surface area contributed by atoms with Gasteiger partial charge in [0.1, 0.15) is 0 Å². The Morgan fingerprint density at radius 3 is 2.67 bits per heavy atom. The fourth-order valence-corrected chi connectivity index (χ4v) is 2.92. The summed E-state index contributed by atoms with van der Waals surface area (Å²) >= 11 is 0. The number of fused-ring (bicyclic) bond motifs is 1. The van der Waals surface area contributed by atoms with Crippen molar-refractivity contribution in [3.05, 3.63) is 40.8 Å². The van der Waals surface area contributed by atoms with Gasteiger partial charge in [-0.3, -0.25) is 4.79 Å². The highest BCUT2D eigenvalue weighted by molar-refractivity contribution is 5.92. The van der Waals surface area contributed by atoms with E-state index < -0.39 is 12.0 Å². The van der Waals surface area contributed by atoms with Crippen LogP contribution in [0.2, 0.25) is 0 Å². The van der Waals surface area contributed by atoms with Crippen LogP contribution in [-0.2, 0) is 12.8 Å². The average Bonchev–Trinajstić information content (AvgIpc) is 2.87. The summed E-state index contributed by atoms with van der Waals surface area (Å²) < 4.78 is 1.69. The fraction of sp³-hybridized carbons (Fsp3) is 0.500. The van der Waals surface area contributed by atoms with E-state index in [9.17, 15) is 9.90 Å². The number of carbonyl (C=O) groups excluding carboxylic acids is 1. The van der Waals surface area contributed by atoms with E-state index in [4.69, 9.17) is 5.73 Å². The second-order valence-electron chi connectivity index (χ2n) is 6.63. The smallest absolute Gasteiger partial charge is 0.269 e. The number of aliphatic hydroxyl groups excluding tert-OH is 1. The number of nitrogens with two attached hydrogens (primary N) is 1. The Hall–Kier alpha value is -2.21. The maximum Gasteiger partial charge on any atom is 0.269 e. The van der Waals surface area contributed by atoms with Crippen LogP contribution >= 0.6 is 0 Å². The van der Waals surface area contributed by atoms with Crippen molar-refractivity contribution in [2.24, 2.45) is 11.1 Å². The molecule has 0 fully saturated rings. The molecule has 2 aromatic heterocycles. The van der Waals surface area contributed by atoms with E-state index in [-0.39, 0.29) is 11.1 Å². The predicted molar refractivity (Wildman–Crippen MR) is 93.2 cm³/mol. The van der Waals surface area contributed by atoms with E-state index in [1.54, 1.807) is 10.9 Å². The molecule has 1 atom stereocenters. The van der Waals surface area contributed by atoms with Crippen molar-refractivity contribution in [3.63, 3.8) is 0 Å². The molecule has 0 bridgehead atoms. The maximum absolute atomic E-state index is 11.7. The summed E-state index contributed by atoms with van der Waals surface area (Å²) in [7, 11) is 0. The fourth-order valence-electron chi connectivity index (χ4n) is 2.92. The molecule has 6 heteroatoms. The van der Waals surface area contributed by atoms with E-state index in [0.717, 1.165) is 16.8 Å². The quantitative estimate of drug-likeness (QED) is 0.882. The number of hydrogen-bond acceptors (Lipinski definition) is 4. The molecule has 3 N–H and O–H groups in total. The number of aliphatic hydroxyl groups is 1. The van der Waals surface area contributed by atoms with Crippen LogP contribution in [0.5, 0.6) is 0 Å². The van der Waals surface area contributed by atoms with Crippen LogP contribution in [0.1, 0.15) is 55.0 Å². The SMILES string of the molecule is CC.Cc1ccnc(-n2nc(C(N)=O)c3c2CC(C)(C)C(O)C3)c1. The van der Waals surface area contributed by atoms with Gasteiger partial charge in [-0.15, -0.1) is 0 Å². The van der Waals surface area contributed by atoms with Crippen LogP contribution in [0.3, 0.4) is 0 Å². The Morgan fingerprint density at radius 1 is 1.42 bits per heavy atom. The van der Waals surface area contributed by atoms with Crippen LogP contribution in [-0.4, -0.2) is 31.9 Å². The van der Waals surface area contributed by atoms with Crippen LogP contribution < -0.4 is 5.73 Å². The van der Waals surface area contributed by atoms with Gasteiger partial charge < -0.3 is 10.8 Å². The highest BCUT2D eigenvalue weighted by Gasteiger charge is 2.39. The molecule has 1 aliphatic carbocycles. The van der Waals surface area contributed by atoms with Crippen molar-refractivity contribution in [2.45, 2.75) is 53.6 Å². The lowest BCUT2D eigenvalue weighted by molar-refractivity contribution is 0.0412. The number of aryl methyl sites for hydroxylation is 1. The maximum atomic E-state index is 11.7. The third kappa shape index (κ3) is 3.19. The number of aromatic nitrogens is 3. The Kier molecular flexibility index (Phi) is 5.08. The molecule has 0 saturated heterocycles. The third-order valence-corrected chi connectivity index (χ3v) is 4.36. The Bertz CT molecular complexity index is 749. The van der Waals surface area contributed by atoms with Gasteiger partial charge in [-0.05, 0) is 36.5 Å². The van der Waals surface area contributed by atoms with E-state index in [2.05, 4.69) is 10.1 Å². The number of carbonyl (C=O) groups is 1. The molecule has 0 spiro atoms. The standard InChI is InChI=1S/C16H20N4O2.C2H6/c1-9-4-5-18-13(6-9)20-11-8-16(2,3)12(21)7-10(11)14(19-20)15(17)22;1-2/h4-6,12,21H,7-8H2,1-3H3,(H2,17,22);1-2H3. The highest BCUT2D eigenvalue weighted by atomic mass is 16.3. The van der Waals surface area contributed by atoms with Gasteiger partial charge in [0, 0.05) is 18.2 Å². The first-order valence-electron chi connectivity index (χ1n) is 8.31. The molecular weight excluding hydrogens is 304 g/mol. The molecule has 0 radical (unpaired) electrons. The summed E-state index contributed by atoms with van der Waals surface area (Å²) in [4.78, 5) is 16.0. The number of pyridine rings is 1. The molecule has 2 heterocycles. The summed E-state index contributed by atoms with van der Waals surface area (Å²) in [6.07, 6.45) is 2.18. The van der Waals surface area contributed by atoms with Gasteiger partial charge in [0.05, 0.1) is 11.8 Å². The number of nitrogens with zero attached hydrogens (tertiary/aromatic N) is 3. The van der Waals surface area contributed by atoms with E-state index in [1.807, 2.05) is 46.8 Å². The van der Waals surface area contributed by atoms with Crippen LogP contribution in [0.25, 0.3) is 5.82 Å². The summed E-state index contributed by atoms with van der Waals surface area (Å²) in [5, 5.41) is 14.7. The van der Waals surface area contributed by atoms with Crippen molar-refractivity contribution in [1.82, 2.24) is 14.8 Å². The van der Waals surface area contributed by atoms with Crippen LogP contribution in [0, 0.1) is 12.3 Å². The first kappa shape index (κ1) is 18.1. The summed E-state index contributed by atoms with van der Waals surface area (Å²) in [5.74, 6) is 0.0884. The van der Waals surface area contributed by atoms with Crippen molar-refractivity contribution >= 4 is 5.91 Å². The minimum atomic E-state index is -0.574. The van der Waals surface area contributed by atoms with Crippen molar-refractivity contribution in [3.8, 4) is 5.82 Å². The Morgan fingerprint density at radius 2 is 2.08 bits per heavy atom. The van der Waals surface area contributed by atoms with Gasteiger partial charge in [0.25, 0.3) is 5.91 Å². The van der Waals surface area contributed by atoms with Gasteiger partial charge in [-0.25, -0.2) is 9.67 Å². The number of primary amides is 1. The third-order valence-electron chi connectivity index (χ3n) is 4.36. The minimum Gasteiger partial charge on any atom is -0.392 e. The summed E-state index contributed by atoms with van der Waals surface area (Å²) in [5.41, 5.74) is 8.10. The molecule has 1 amide bonds. The first-order chi connectivity index (χ1) is 11.3. The lowest BCUT2D eigenvalue weighted by Gasteiger charge is -2.35. The van der Waals surface area contributed by atoms with Crippen LogP contribution in [0.4, 0.5) is 0 Å². The van der Waals surface area contributed by atoms with Gasteiger partial charge in [-0.2, -0.15) is 5.10 Å².